The zero-order valence-electron chi connectivity index (χ0n) is 13.4. The summed E-state index contributed by atoms with van der Waals surface area (Å²) >= 11 is 0. The third-order valence-corrected chi connectivity index (χ3v) is 3.75. The van der Waals surface area contributed by atoms with E-state index in [2.05, 4.69) is 61.4 Å². The van der Waals surface area contributed by atoms with Gasteiger partial charge in [-0.05, 0) is 33.0 Å². The van der Waals surface area contributed by atoms with Crippen LogP contribution < -0.4 is 0 Å². The van der Waals surface area contributed by atoms with Gasteiger partial charge < -0.3 is 0 Å². The van der Waals surface area contributed by atoms with Gasteiger partial charge in [-0.3, -0.25) is 0 Å². The molecule has 0 heteroatoms. The Balaban J connectivity index is 0.000000847. The van der Waals surface area contributed by atoms with Crippen LogP contribution in [0.25, 0.3) is 29.0 Å². The monoisotopic (exact) mass is 286 g/mol. The van der Waals surface area contributed by atoms with E-state index >= 15 is 0 Å². The molecule has 0 saturated carbocycles. The van der Waals surface area contributed by atoms with E-state index in [1.165, 1.54) is 21.9 Å². The number of fused-ring (bicyclic) bond motifs is 3. The topological polar surface area (TPSA) is 0 Å². The summed E-state index contributed by atoms with van der Waals surface area (Å²) in [6.45, 7) is 12.0. The Morgan fingerprint density at radius 1 is 0.955 bits per heavy atom. The molecule has 0 unspecified atom stereocenters. The summed E-state index contributed by atoms with van der Waals surface area (Å²) in [5.41, 5.74) is 4.85. The van der Waals surface area contributed by atoms with E-state index in [0.29, 0.717) is 0 Å². The van der Waals surface area contributed by atoms with Crippen molar-refractivity contribution in [1.82, 2.24) is 0 Å². The number of rotatable bonds is 2. The largest absolute Gasteiger partial charge is 0.0988 e. The van der Waals surface area contributed by atoms with Crippen LogP contribution in [0.2, 0.25) is 0 Å². The Morgan fingerprint density at radius 3 is 2.32 bits per heavy atom. The highest BCUT2D eigenvalue weighted by atomic mass is 14.2. The van der Waals surface area contributed by atoms with E-state index in [1.54, 1.807) is 0 Å². The van der Waals surface area contributed by atoms with Crippen LogP contribution in [0.1, 0.15) is 42.5 Å². The standard InChI is InChI=1S/C20H16.C2H6/c1-3-15-16(4-2)18-13-9-10-14-20(18)19-12-8-6-5-7-11-17(15)19;1-2/h3-4,8-10,12-14H,1-2,6,11H2;1-2H3/b12-8-;. The predicted molar refractivity (Wildman–Crippen MR) is 101 cm³/mol. The highest BCUT2D eigenvalue weighted by Gasteiger charge is 2.14. The Bertz CT molecular complexity index is 792. The van der Waals surface area contributed by atoms with Crippen LogP contribution in [0.15, 0.2) is 43.5 Å². The minimum absolute atomic E-state index is 0.771. The molecule has 2 aromatic rings. The summed E-state index contributed by atoms with van der Waals surface area (Å²) in [5.74, 6) is 6.42. The zero-order chi connectivity index (χ0) is 15.9. The van der Waals surface area contributed by atoms with Crippen LogP contribution in [0.5, 0.6) is 0 Å². The average molecular weight is 286 g/mol. The van der Waals surface area contributed by atoms with E-state index in [0.717, 1.165) is 24.0 Å². The maximum Gasteiger partial charge on any atom is 0.0352 e. The first-order valence-corrected chi connectivity index (χ1v) is 7.81. The summed E-state index contributed by atoms with van der Waals surface area (Å²) in [7, 11) is 0. The van der Waals surface area contributed by atoms with E-state index in [4.69, 9.17) is 0 Å². The molecule has 0 N–H and O–H groups in total. The van der Waals surface area contributed by atoms with Gasteiger partial charge in [0.05, 0.1) is 0 Å². The molecule has 0 amide bonds. The van der Waals surface area contributed by atoms with Gasteiger partial charge in [-0.15, -0.1) is 0 Å². The quantitative estimate of drug-likeness (QED) is 0.584. The lowest BCUT2D eigenvalue weighted by molar-refractivity contribution is 1.28. The third-order valence-electron chi connectivity index (χ3n) is 3.75. The Morgan fingerprint density at radius 2 is 1.64 bits per heavy atom. The lowest BCUT2D eigenvalue weighted by atomic mass is 9.87. The first-order chi connectivity index (χ1) is 10.9. The van der Waals surface area contributed by atoms with Crippen molar-refractivity contribution < 1.29 is 0 Å². The fourth-order valence-electron chi connectivity index (χ4n) is 2.86. The number of benzene rings is 2. The molecule has 0 nitrogen and oxygen atoms in total. The Labute approximate surface area is 133 Å². The number of hydrogen-bond donors (Lipinski definition) is 0. The minimum atomic E-state index is 0.771. The minimum Gasteiger partial charge on any atom is -0.0988 e. The van der Waals surface area contributed by atoms with Crippen LogP contribution in [0.3, 0.4) is 0 Å². The van der Waals surface area contributed by atoms with Gasteiger partial charge in [0.2, 0.25) is 0 Å². The second-order valence-corrected chi connectivity index (χ2v) is 4.81. The van der Waals surface area contributed by atoms with Crippen LogP contribution in [0.4, 0.5) is 0 Å². The van der Waals surface area contributed by atoms with E-state index in [-0.39, 0.29) is 0 Å². The second kappa shape index (κ2) is 7.48. The number of hydrogen-bond acceptors (Lipinski definition) is 0. The molecule has 0 aromatic heterocycles. The molecular weight excluding hydrogens is 264 g/mol. The molecule has 0 radical (unpaired) electrons. The maximum atomic E-state index is 3.99. The SMILES string of the molecule is C=Cc1c2c(c3ccccc3c1C=C)/C=C\CC#CC2.CC. The van der Waals surface area contributed by atoms with Gasteiger partial charge in [-0.25, -0.2) is 0 Å². The Hall–Kier alpha value is -2.52. The van der Waals surface area contributed by atoms with Crippen LogP contribution in [-0.4, -0.2) is 0 Å². The molecule has 1 aliphatic rings. The van der Waals surface area contributed by atoms with Crippen molar-refractivity contribution in [2.24, 2.45) is 0 Å². The molecular formula is C22H22. The lowest BCUT2D eigenvalue weighted by Crippen LogP contribution is -1.99. The predicted octanol–water partition coefficient (Wildman–Crippen LogP) is 6.11. The van der Waals surface area contributed by atoms with Crippen molar-refractivity contribution in [2.75, 3.05) is 0 Å². The lowest BCUT2D eigenvalue weighted by Gasteiger charge is -2.17. The molecule has 22 heavy (non-hydrogen) atoms. The van der Waals surface area contributed by atoms with Gasteiger partial charge in [-0.2, -0.15) is 0 Å². The van der Waals surface area contributed by atoms with E-state index in [1.807, 2.05) is 26.0 Å². The van der Waals surface area contributed by atoms with Gasteiger partial charge in [0.25, 0.3) is 0 Å². The van der Waals surface area contributed by atoms with Crippen molar-refractivity contribution in [3.63, 3.8) is 0 Å². The highest BCUT2D eigenvalue weighted by molar-refractivity contribution is 6.01. The van der Waals surface area contributed by atoms with Gasteiger partial charge in [0, 0.05) is 12.8 Å². The molecule has 0 spiro atoms. The van der Waals surface area contributed by atoms with Gasteiger partial charge in [-0.1, -0.05) is 87.4 Å². The first-order valence-electron chi connectivity index (χ1n) is 7.81. The van der Waals surface area contributed by atoms with Gasteiger partial charge in [0.1, 0.15) is 0 Å². The molecule has 0 aliphatic heterocycles. The average Bonchev–Trinajstić information content (AvgIpc) is 2.56. The molecule has 0 atom stereocenters. The van der Waals surface area contributed by atoms with Crippen molar-refractivity contribution in [1.29, 1.82) is 0 Å². The normalized spacial score (nSPS) is 13.4. The fraction of sp³-hybridized carbons (Fsp3) is 0.182. The molecule has 1 aliphatic carbocycles. The van der Waals surface area contributed by atoms with Crippen LogP contribution in [0, 0.1) is 11.8 Å². The maximum absolute atomic E-state index is 3.99. The Kier molecular flexibility index (Phi) is 5.39. The molecule has 0 heterocycles. The second-order valence-electron chi connectivity index (χ2n) is 4.81. The molecule has 110 valence electrons. The summed E-state index contributed by atoms with van der Waals surface area (Å²) in [4.78, 5) is 0. The molecule has 0 bridgehead atoms. The zero-order valence-corrected chi connectivity index (χ0v) is 13.4. The summed E-state index contributed by atoms with van der Waals surface area (Å²) in [6.07, 6.45) is 9.78. The van der Waals surface area contributed by atoms with Crippen molar-refractivity contribution in [3.05, 3.63) is 65.8 Å². The number of allylic oxidation sites excluding steroid dienone is 1. The fourth-order valence-corrected chi connectivity index (χ4v) is 2.86. The summed E-state index contributed by atoms with van der Waals surface area (Å²) in [6, 6.07) is 8.48. The summed E-state index contributed by atoms with van der Waals surface area (Å²) in [5, 5.41) is 2.50. The van der Waals surface area contributed by atoms with Crippen LogP contribution >= 0.6 is 0 Å². The smallest absolute Gasteiger partial charge is 0.0352 e. The van der Waals surface area contributed by atoms with Gasteiger partial charge >= 0.3 is 0 Å². The summed E-state index contributed by atoms with van der Waals surface area (Å²) < 4.78 is 0. The molecule has 0 saturated heterocycles. The van der Waals surface area contributed by atoms with Crippen molar-refractivity contribution >= 4 is 29.0 Å². The molecule has 3 rings (SSSR count). The molecule has 2 aromatic carbocycles. The third kappa shape index (κ3) is 2.76. The highest BCUT2D eigenvalue weighted by Crippen LogP contribution is 2.34. The van der Waals surface area contributed by atoms with Crippen molar-refractivity contribution in [2.45, 2.75) is 26.7 Å². The van der Waals surface area contributed by atoms with Crippen molar-refractivity contribution in [3.8, 4) is 11.8 Å². The van der Waals surface area contributed by atoms with E-state index in [9.17, 15) is 0 Å². The van der Waals surface area contributed by atoms with E-state index < -0.39 is 0 Å². The van der Waals surface area contributed by atoms with Crippen LogP contribution in [-0.2, 0) is 6.42 Å². The first kappa shape index (κ1) is 15.9. The van der Waals surface area contributed by atoms with Gasteiger partial charge in [0.15, 0.2) is 0 Å². The molecule has 0 fully saturated rings.